The first kappa shape index (κ1) is 16.4. The number of sulfonamides is 1. The highest BCUT2D eigenvalue weighted by molar-refractivity contribution is 7.91. The second kappa shape index (κ2) is 6.37. The van der Waals surface area contributed by atoms with E-state index in [1.54, 1.807) is 22.8 Å². The fourth-order valence-electron chi connectivity index (χ4n) is 3.35. The zero-order valence-electron chi connectivity index (χ0n) is 13.8. The van der Waals surface area contributed by atoms with Crippen LogP contribution >= 0.6 is 11.3 Å². The average molecular weight is 370 g/mol. The fraction of sp³-hybridized carbons (Fsp3) is 0.211. The van der Waals surface area contributed by atoms with E-state index in [0.29, 0.717) is 10.8 Å². The van der Waals surface area contributed by atoms with Gasteiger partial charge in [0.05, 0.1) is 6.04 Å². The van der Waals surface area contributed by atoms with E-state index in [9.17, 15) is 8.42 Å². The van der Waals surface area contributed by atoms with E-state index in [2.05, 4.69) is 11.1 Å². The minimum Gasteiger partial charge on any atom is -0.264 e. The van der Waals surface area contributed by atoms with Crippen molar-refractivity contribution in [3.63, 3.8) is 0 Å². The minimum atomic E-state index is -3.56. The molecule has 0 spiro atoms. The first-order chi connectivity index (χ1) is 12.1. The highest BCUT2D eigenvalue weighted by atomic mass is 32.2. The summed E-state index contributed by atoms with van der Waals surface area (Å²) in [5, 5.41) is 0. The van der Waals surface area contributed by atoms with Crippen molar-refractivity contribution in [2.24, 2.45) is 0 Å². The van der Waals surface area contributed by atoms with Crippen LogP contribution in [0, 0.1) is 6.92 Å². The van der Waals surface area contributed by atoms with Gasteiger partial charge in [-0.2, -0.15) is 4.31 Å². The lowest BCUT2D eigenvalue weighted by atomic mass is 9.91. The molecule has 4 nitrogen and oxygen atoms in total. The molecular formula is C19H18N2O2S2. The van der Waals surface area contributed by atoms with E-state index < -0.39 is 10.0 Å². The number of nitrogens with zero attached hydrogens (tertiary/aromatic N) is 2. The molecule has 2 aromatic heterocycles. The second-order valence-corrected chi connectivity index (χ2v) is 9.52. The van der Waals surface area contributed by atoms with Crippen LogP contribution in [0.2, 0.25) is 0 Å². The summed E-state index contributed by atoms with van der Waals surface area (Å²) in [4.78, 5) is 5.20. The molecule has 0 N–H and O–H groups in total. The predicted octanol–water partition coefficient (Wildman–Crippen LogP) is 3.79. The number of aromatic nitrogens is 1. The molecule has 0 aliphatic carbocycles. The first-order valence-corrected chi connectivity index (χ1v) is 10.4. The lowest BCUT2D eigenvalue weighted by Crippen LogP contribution is -2.40. The van der Waals surface area contributed by atoms with Gasteiger partial charge in [0.2, 0.25) is 0 Å². The third kappa shape index (κ3) is 2.90. The van der Waals surface area contributed by atoms with Gasteiger partial charge in [0.25, 0.3) is 10.0 Å². The maximum atomic E-state index is 13.3. The highest BCUT2D eigenvalue weighted by Crippen LogP contribution is 2.39. The molecule has 3 heterocycles. The van der Waals surface area contributed by atoms with Crippen molar-refractivity contribution in [3.8, 4) is 0 Å². The lowest BCUT2D eigenvalue weighted by Gasteiger charge is -2.36. The van der Waals surface area contributed by atoms with Crippen LogP contribution in [0.15, 0.2) is 65.1 Å². The third-order valence-electron chi connectivity index (χ3n) is 4.52. The molecule has 0 saturated heterocycles. The number of hydrogen-bond donors (Lipinski definition) is 0. The molecule has 1 unspecified atom stereocenters. The van der Waals surface area contributed by atoms with Crippen molar-refractivity contribution < 1.29 is 8.42 Å². The molecular weight excluding hydrogens is 352 g/mol. The Bertz CT molecular complexity index is 997. The maximum Gasteiger partial charge on any atom is 0.253 e. The molecule has 6 heteroatoms. The number of benzene rings is 1. The normalized spacial score (nSPS) is 18.0. The molecule has 0 fully saturated rings. The van der Waals surface area contributed by atoms with Gasteiger partial charge < -0.3 is 0 Å². The average Bonchev–Trinajstić information content (AvgIpc) is 3.08. The number of pyridine rings is 1. The Morgan fingerprint density at radius 1 is 1.12 bits per heavy atom. The maximum absolute atomic E-state index is 13.3. The number of fused-ring (bicyclic) bond motifs is 1. The van der Waals surface area contributed by atoms with Crippen LogP contribution in [0.1, 0.15) is 27.6 Å². The number of rotatable bonds is 3. The number of hydrogen-bond acceptors (Lipinski definition) is 4. The summed E-state index contributed by atoms with van der Waals surface area (Å²) in [6.45, 7) is 2.39. The largest absolute Gasteiger partial charge is 0.264 e. The molecule has 3 aromatic rings. The molecule has 0 radical (unpaired) electrons. The molecule has 1 aromatic carbocycles. The molecule has 1 aliphatic heterocycles. The number of aryl methyl sites for hydroxylation is 1. The Balaban J connectivity index is 1.87. The van der Waals surface area contributed by atoms with Gasteiger partial charge in [-0.15, -0.1) is 11.3 Å². The predicted molar refractivity (Wildman–Crippen MR) is 99.2 cm³/mol. The van der Waals surface area contributed by atoms with Crippen molar-refractivity contribution in [1.82, 2.24) is 9.29 Å². The van der Waals surface area contributed by atoms with Crippen LogP contribution in [0.3, 0.4) is 0 Å². The minimum absolute atomic E-state index is 0.342. The Hall–Kier alpha value is -2.02. The topological polar surface area (TPSA) is 50.3 Å². The van der Waals surface area contributed by atoms with Crippen LogP contribution in [0.4, 0.5) is 0 Å². The quantitative estimate of drug-likeness (QED) is 0.705. The van der Waals surface area contributed by atoms with E-state index in [1.807, 2.05) is 43.3 Å². The van der Waals surface area contributed by atoms with Crippen LogP contribution in [-0.4, -0.2) is 24.3 Å². The Morgan fingerprint density at radius 3 is 2.68 bits per heavy atom. The van der Waals surface area contributed by atoms with Crippen LogP contribution < -0.4 is 0 Å². The Morgan fingerprint density at radius 2 is 1.96 bits per heavy atom. The van der Waals surface area contributed by atoms with E-state index in [4.69, 9.17) is 0 Å². The van der Waals surface area contributed by atoms with E-state index in [1.165, 1.54) is 16.9 Å². The molecule has 128 valence electrons. The first-order valence-electron chi connectivity index (χ1n) is 8.13. The fourth-order valence-corrected chi connectivity index (χ4v) is 6.36. The molecule has 0 saturated carbocycles. The van der Waals surface area contributed by atoms with E-state index >= 15 is 0 Å². The summed E-state index contributed by atoms with van der Waals surface area (Å²) in [5.74, 6) is 0. The summed E-state index contributed by atoms with van der Waals surface area (Å²) in [7, 11) is -3.56. The summed E-state index contributed by atoms with van der Waals surface area (Å²) in [5.41, 5.74) is 3.13. The van der Waals surface area contributed by atoms with Crippen molar-refractivity contribution in [1.29, 1.82) is 0 Å². The van der Waals surface area contributed by atoms with Gasteiger partial charge in [-0.05, 0) is 48.2 Å². The van der Waals surface area contributed by atoms with E-state index in [0.717, 1.165) is 22.4 Å². The van der Waals surface area contributed by atoms with Gasteiger partial charge in [-0.1, -0.05) is 30.3 Å². The summed E-state index contributed by atoms with van der Waals surface area (Å²) in [6, 6.07) is 15.1. The lowest BCUT2D eigenvalue weighted by molar-refractivity contribution is 0.344. The number of thiophene rings is 1. The van der Waals surface area contributed by atoms with Gasteiger partial charge in [-0.25, -0.2) is 8.42 Å². The van der Waals surface area contributed by atoms with Crippen molar-refractivity contribution >= 4 is 21.4 Å². The monoisotopic (exact) mass is 370 g/mol. The Labute approximate surface area is 151 Å². The zero-order valence-corrected chi connectivity index (χ0v) is 15.4. The second-order valence-electron chi connectivity index (χ2n) is 6.12. The van der Waals surface area contributed by atoms with Crippen molar-refractivity contribution in [2.75, 3.05) is 6.54 Å². The van der Waals surface area contributed by atoms with Gasteiger partial charge in [-0.3, -0.25) is 4.98 Å². The smallest absolute Gasteiger partial charge is 0.253 e. The van der Waals surface area contributed by atoms with Crippen LogP contribution in [0.5, 0.6) is 0 Å². The van der Waals surface area contributed by atoms with Gasteiger partial charge in [0, 0.05) is 23.8 Å². The molecule has 0 bridgehead atoms. The SMILES string of the molecule is Cc1ccc(S(=O)(=O)N2CCc3ccccc3C2c2cccnc2)s1. The van der Waals surface area contributed by atoms with Gasteiger partial charge >= 0.3 is 0 Å². The third-order valence-corrected chi connectivity index (χ3v) is 7.85. The van der Waals surface area contributed by atoms with Crippen LogP contribution in [-0.2, 0) is 16.4 Å². The standard InChI is InChI=1S/C19H18N2O2S2/c1-14-8-9-18(24-14)25(22,23)21-12-10-15-5-2-3-7-17(15)19(21)16-6-4-11-20-13-16/h2-9,11,13,19H,10,12H2,1H3. The van der Waals surface area contributed by atoms with Gasteiger partial charge in [0.1, 0.15) is 4.21 Å². The summed E-state index contributed by atoms with van der Waals surface area (Å²) in [6.07, 6.45) is 4.19. The molecule has 1 atom stereocenters. The molecule has 4 rings (SSSR count). The molecule has 1 aliphatic rings. The summed E-state index contributed by atoms with van der Waals surface area (Å²) >= 11 is 1.32. The van der Waals surface area contributed by atoms with E-state index in [-0.39, 0.29) is 6.04 Å². The summed E-state index contributed by atoms with van der Waals surface area (Å²) < 4.78 is 28.6. The highest BCUT2D eigenvalue weighted by Gasteiger charge is 2.37. The van der Waals surface area contributed by atoms with Crippen LogP contribution in [0.25, 0.3) is 0 Å². The van der Waals surface area contributed by atoms with Gasteiger partial charge in [0.15, 0.2) is 0 Å². The molecule has 0 amide bonds. The zero-order chi connectivity index (χ0) is 17.4. The molecule has 25 heavy (non-hydrogen) atoms. The Kier molecular flexibility index (Phi) is 4.19. The van der Waals surface area contributed by atoms with Crippen molar-refractivity contribution in [3.05, 3.63) is 82.5 Å². The van der Waals surface area contributed by atoms with Crippen molar-refractivity contribution in [2.45, 2.75) is 23.6 Å².